The molecule has 2 heterocycles. The van der Waals surface area contributed by atoms with E-state index >= 15 is 0 Å². The molecule has 1 aromatic heterocycles. The van der Waals surface area contributed by atoms with E-state index in [4.69, 9.17) is 18.5 Å². The average molecular weight is 564 g/mol. The van der Waals surface area contributed by atoms with Crippen LogP contribution in [0.25, 0.3) is 10.4 Å². The number of ether oxygens (including phenoxy) is 2. The van der Waals surface area contributed by atoms with Crippen LogP contribution in [0.5, 0.6) is 5.75 Å². The second-order valence-corrected chi connectivity index (χ2v) is 11.5. The average Bonchev–Trinajstić information content (AvgIpc) is 3.33. The molecule has 39 heavy (non-hydrogen) atoms. The third-order valence-electron chi connectivity index (χ3n) is 6.53. The van der Waals surface area contributed by atoms with Gasteiger partial charge in [-0.2, -0.15) is 5.09 Å². The van der Waals surface area contributed by atoms with E-state index in [1.54, 1.807) is 32.0 Å². The van der Waals surface area contributed by atoms with Gasteiger partial charge in [-0.15, -0.1) is 0 Å². The highest BCUT2D eigenvalue weighted by Gasteiger charge is 2.84. The molecule has 2 aromatic rings. The van der Waals surface area contributed by atoms with E-state index in [9.17, 15) is 29.6 Å². The van der Waals surface area contributed by atoms with Crippen molar-refractivity contribution in [2.24, 2.45) is 5.11 Å². The Morgan fingerprint density at radius 2 is 1.97 bits per heavy atom. The van der Waals surface area contributed by atoms with E-state index in [1.807, 2.05) is 0 Å². The zero-order valence-corrected chi connectivity index (χ0v) is 22.7. The molecule has 4 rings (SSSR count). The lowest BCUT2D eigenvalue weighted by Gasteiger charge is -2.34. The maximum Gasteiger partial charge on any atom is 0.459 e. The van der Waals surface area contributed by atoms with Crippen molar-refractivity contribution in [2.45, 2.75) is 76.3 Å². The number of H-pyrrole nitrogens is 1. The first-order valence-electron chi connectivity index (χ1n) is 12.0. The van der Waals surface area contributed by atoms with Crippen LogP contribution < -0.4 is 20.9 Å². The molecule has 0 spiro atoms. The Kier molecular flexibility index (Phi) is 7.52. The van der Waals surface area contributed by atoms with Crippen LogP contribution in [0.2, 0.25) is 0 Å². The Morgan fingerprint density at radius 3 is 2.59 bits per heavy atom. The molecule has 1 saturated heterocycles. The van der Waals surface area contributed by atoms with Gasteiger partial charge in [-0.1, -0.05) is 23.3 Å². The van der Waals surface area contributed by atoms with Crippen molar-refractivity contribution < 1.29 is 33.0 Å². The number of aromatic amines is 1. The fraction of sp³-hybridized carbons (Fsp3) is 0.522. The SMILES string of the molecule is Cc1cn([C@@H]2O[C@@H]3C(OP(=O)(N[C@H](C)C(=O)OC(C)C)Oc4ccccc4)[C@]3(O)[C@@]2(C)N=[N+]=[N-])c(=O)[nH]c1=O. The van der Waals surface area contributed by atoms with Crippen LogP contribution in [0.15, 0.2) is 51.2 Å². The molecule has 3 N–H and O–H groups in total. The van der Waals surface area contributed by atoms with Gasteiger partial charge in [0.1, 0.15) is 35.1 Å². The molecule has 1 aromatic carbocycles. The van der Waals surface area contributed by atoms with Crippen LogP contribution >= 0.6 is 7.75 Å². The minimum absolute atomic E-state index is 0.141. The molecule has 1 saturated carbocycles. The zero-order chi connectivity index (χ0) is 28.8. The van der Waals surface area contributed by atoms with Crippen LogP contribution in [0.3, 0.4) is 0 Å². The van der Waals surface area contributed by atoms with Crippen LogP contribution in [-0.4, -0.2) is 56.1 Å². The van der Waals surface area contributed by atoms with Gasteiger partial charge in [-0.3, -0.25) is 23.7 Å². The highest BCUT2D eigenvalue weighted by molar-refractivity contribution is 7.52. The number of aliphatic hydroxyl groups is 1. The van der Waals surface area contributed by atoms with Gasteiger partial charge in [0.05, 0.1) is 6.10 Å². The number of rotatable bonds is 10. The molecule has 210 valence electrons. The van der Waals surface area contributed by atoms with Gasteiger partial charge in [-0.05, 0) is 52.3 Å². The van der Waals surface area contributed by atoms with Gasteiger partial charge >= 0.3 is 19.4 Å². The highest BCUT2D eigenvalue weighted by atomic mass is 31.2. The number of azide groups is 1. The Hall–Kier alpha value is -3.45. The Balaban J connectivity index is 1.65. The zero-order valence-electron chi connectivity index (χ0n) is 21.8. The molecule has 2 fully saturated rings. The lowest BCUT2D eigenvalue weighted by molar-refractivity contribution is -0.149. The molecule has 0 amide bonds. The number of carbonyl (C=O) groups is 1. The van der Waals surface area contributed by atoms with Crippen molar-refractivity contribution in [1.82, 2.24) is 14.6 Å². The molecular formula is C23H29N6O9P. The van der Waals surface area contributed by atoms with Crippen LogP contribution in [-0.2, 0) is 23.4 Å². The van der Waals surface area contributed by atoms with Crippen LogP contribution in [0.1, 0.15) is 39.5 Å². The predicted octanol–water partition coefficient (Wildman–Crippen LogP) is 2.06. The molecule has 2 aliphatic rings. The summed E-state index contributed by atoms with van der Waals surface area (Å²) in [7, 11) is -4.42. The topological polar surface area (TPSA) is 207 Å². The second kappa shape index (κ2) is 10.3. The summed E-state index contributed by atoms with van der Waals surface area (Å²) >= 11 is 0. The fourth-order valence-electron chi connectivity index (χ4n) is 4.46. The number of para-hydroxylation sites is 1. The van der Waals surface area contributed by atoms with E-state index in [0.717, 1.165) is 4.57 Å². The van der Waals surface area contributed by atoms with Crippen molar-refractivity contribution in [3.05, 3.63) is 73.4 Å². The molecule has 7 atom stereocenters. The molecule has 16 heteroatoms. The first-order chi connectivity index (χ1) is 18.3. The van der Waals surface area contributed by atoms with Crippen molar-refractivity contribution in [3.63, 3.8) is 0 Å². The summed E-state index contributed by atoms with van der Waals surface area (Å²) in [5, 5.41) is 17.9. The standard InChI is InChI=1S/C23H29N6O9P/c1-12(2)35-19(31)14(4)26-39(34,37-15-9-7-6-8-10-15)38-17-16-23(17,33)22(5,27-28-24)20(36-16)29-11-13(3)18(30)25-21(29)32/h6-12,14,16-17,20,33H,1-5H3,(H,26,34)(H,25,30,32)/t14-,16-,17?,20-,22+,23+,39?/m1/s1. The van der Waals surface area contributed by atoms with Crippen molar-refractivity contribution in [1.29, 1.82) is 0 Å². The van der Waals surface area contributed by atoms with E-state index in [1.165, 1.54) is 39.1 Å². The van der Waals surface area contributed by atoms with Crippen molar-refractivity contribution in [2.75, 3.05) is 0 Å². The highest BCUT2D eigenvalue weighted by Crippen LogP contribution is 2.66. The normalized spacial score (nSPS) is 29.6. The molecule has 1 aliphatic carbocycles. The fourth-order valence-corrected chi connectivity index (χ4v) is 6.17. The first-order valence-corrected chi connectivity index (χ1v) is 13.6. The summed E-state index contributed by atoms with van der Waals surface area (Å²) in [6, 6.07) is 6.85. The second-order valence-electron chi connectivity index (χ2n) is 9.81. The predicted molar refractivity (Wildman–Crippen MR) is 136 cm³/mol. The van der Waals surface area contributed by atoms with E-state index in [0.29, 0.717) is 0 Å². The minimum Gasteiger partial charge on any atom is -0.462 e. The third kappa shape index (κ3) is 5.12. The van der Waals surface area contributed by atoms with Gasteiger partial charge in [0.2, 0.25) is 0 Å². The number of hydrogen-bond donors (Lipinski definition) is 3. The summed E-state index contributed by atoms with van der Waals surface area (Å²) in [5.41, 5.74) is 4.10. The molecule has 2 unspecified atom stereocenters. The lowest BCUT2D eigenvalue weighted by atomic mass is 9.92. The van der Waals surface area contributed by atoms with Gasteiger partial charge in [0.25, 0.3) is 5.56 Å². The van der Waals surface area contributed by atoms with E-state index < -0.39 is 66.7 Å². The number of benzene rings is 1. The smallest absolute Gasteiger partial charge is 0.459 e. The van der Waals surface area contributed by atoms with E-state index in [-0.39, 0.29) is 11.3 Å². The largest absolute Gasteiger partial charge is 0.462 e. The monoisotopic (exact) mass is 564 g/mol. The summed E-state index contributed by atoms with van der Waals surface area (Å²) in [6.45, 7) is 7.51. The maximum absolute atomic E-state index is 13.9. The number of esters is 1. The molecule has 0 bridgehead atoms. The number of aromatic nitrogens is 2. The quantitative estimate of drug-likeness (QED) is 0.126. The van der Waals surface area contributed by atoms with Crippen molar-refractivity contribution >= 4 is 13.7 Å². The van der Waals surface area contributed by atoms with Crippen molar-refractivity contribution in [3.8, 4) is 5.75 Å². The first kappa shape index (κ1) is 28.6. The number of aryl methyl sites for hydroxylation is 1. The number of hydrogen-bond acceptors (Lipinski definition) is 10. The molecular weight excluding hydrogens is 535 g/mol. The summed E-state index contributed by atoms with van der Waals surface area (Å²) in [6.07, 6.45) is -3.14. The minimum atomic E-state index is -4.42. The Labute approximate surface area is 222 Å². The van der Waals surface area contributed by atoms with Crippen LogP contribution in [0.4, 0.5) is 0 Å². The van der Waals surface area contributed by atoms with Gasteiger partial charge < -0.3 is 19.1 Å². The molecule has 15 nitrogen and oxygen atoms in total. The number of carbonyl (C=O) groups excluding carboxylic acids is 1. The summed E-state index contributed by atoms with van der Waals surface area (Å²) < 4.78 is 37.4. The molecule has 0 radical (unpaired) electrons. The number of nitrogens with one attached hydrogen (secondary N) is 2. The Morgan fingerprint density at radius 1 is 1.31 bits per heavy atom. The number of nitrogens with zero attached hydrogens (tertiary/aromatic N) is 4. The third-order valence-corrected chi connectivity index (χ3v) is 8.19. The lowest BCUT2D eigenvalue weighted by Crippen LogP contribution is -2.50. The maximum atomic E-state index is 13.9. The van der Waals surface area contributed by atoms with Gasteiger partial charge in [-0.25, -0.2) is 9.36 Å². The molecule has 1 aliphatic heterocycles. The van der Waals surface area contributed by atoms with Crippen LogP contribution in [0, 0.1) is 6.92 Å². The Bertz CT molecular complexity index is 1470. The summed E-state index contributed by atoms with van der Waals surface area (Å²) in [5.74, 6) is -0.578. The van der Waals surface area contributed by atoms with Gasteiger partial charge in [0.15, 0.2) is 6.23 Å². The van der Waals surface area contributed by atoms with Gasteiger partial charge in [0, 0.05) is 16.7 Å². The number of fused-ring (bicyclic) bond motifs is 1. The van der Waals surface area contributed by atoms with E-state index in [2.05, 4.69) is 20.1 Å². The summed E-state index contributed by atoms with van der Waals surface area (Å²) in [4.78, 5) is 41.7.